The standard InChI is InChI=1S/C22H28ClN3O2/c1-3-25-13-11-18(12-14-25)26(16-17-7-6-8-19(15-17)28-2)22(27)24-21-10-5-4-9-20(21)23/h4-10,15,18H,3,11-14,16H2,1-2H3,(H,24,27). The molecule has 2 aromatic carbocycles. The van der Waals surface area contributed by atoms with Crippen molar-refractivity contribution in [1.82, 2.24) is 9.80 Å². The number of hydrogen-bond donors (Lipinski definition) is 1. The number of halogens is 1. The Balaban J connectivity index is 1.79. The normalized spacial score (nSPS) is 15.2. The number of nitrogens with zero attached hydrogens (tertiary/aromatic N) is 2. The number of carbonyl (C=O) groups is 1. The molecule has 0 radical (unpaired) electrons. The number of ether oxygens (including phenoxy) is 1. The lowest BCUT2D eigenvalue weighted by Crippen LogP contribution is -2.48. The Bertz CT molecular complexity index is 791. The molecule has 0 atom stereocenters. The number of anilines is 1. The third-order valence-corrected chi connectivity index (χ3v) is 5.64. The van der Waals surface area contributed by atoms with Crippen molar-refractivity contribution in [2.45, 2.75) is 32.4 Å². The van der Waals surface area contributed by atoms with Gasteiger partial charge in [-0.15, -0.1) is 0 Å². The second-order valence-corrected chi connectivity index (χ2v) is 7.46. The molecule has 0 spiro atoms. The van der Waals surface area contributed by atoms with Crippen LogP contribution in [-0.2, 0) is 6.54 Å². The Morgan fingerprint density at radius 1 is 1.21 bits per heavy atom. The number of carbonyl (C=O) groups excluding carboxylic acids is 1. The van der Waals surface area contributed by atoms with E-state index in [9.17, 15) is 4.79 Å². The average Bonchev–Trinajstić information content (AvgIpc) is 2.74. The molecule has 1 aliphatic rings. The molecule has 6 heteroatoms. The van der Waals surface area contributed by atoms with Crippen LogP contribution in [0.4, 0.5) is 10.5 Å². The number of rotatable bonds is 6. The predicted octanol–water partition coefficient (Wildman–Crippen LogP) is 4.87. The molecule has 150 valence electrons. The quantitative estimate of drug-likeness (QED) is 0.751. The van der Waals surface area contributed by atoms with Crippen molar-refractivity contribution in [3.05, 3.63) is 59.1 Å². The number of hydrogen-bond acceptors (Lipinski definition) is 3. The van der Waals surface area contributed by atoms with Gasteiger partial charge < -0.3 is 19.9 Å². The lowest BCUT2D eigenvalue weighted by molar-refractivity contribution is 0.126. The summed E-state index contributed by atoms with van der Waals surface area (Å²) in [4.78, 5) is 17.5. The van der Waals surface area contributed by atoms with Crippen LogP contribution in [0.15, 0.2) is 48.5 Å². The number of likely N-dealkylation sites (tertiary alicyclic amines) is 1. The van der Waals surface area contributed by atoms with Gasteiger partial charge in [-0.3, -0.25) is 0 Å². The minimum atomic E-state index is -0.120. The molecule has 1 N–H and O–H groups in total. The molecular formula is C22H28ClN3O2. The third kappa shape index (κ3) is 5.18. The van der Waals surface area contributed by atoms with E-state index in [0.29, 0.717) is 17.3 Å². The molecule has 1 saturated heterocycles. The molecule has 1 heterocycles. The molecule has 2 aromatic rings. The summed E-state index contributed by atoms with van der Waals surface area (Å²) in [6.07, 6.45) is 1.93. The van der Waals surface area contributed by atoms with Gasteiger partial charge in [0.15, 0.2) is 0 Å². The molecular weight excluding hydrogens is 374 g/mol. The fraction of sp³-hybridized carbons (Fsp3) is 0.409. The first kappa shape index (κ1) is 20.5. The van der Waals surface area contributed by atoms with Crippen molar-refractivity contribution in [2.24, 2.45) is 0 Å². The van der Waals surface area contributed by atoms with Gasteiger partial charge in [-0.1, -0.05) is 42.8 Å². The molecule has 0 saturated carbocycles. The van der Waals surface area contributed by atoms with Crippen LogP contribution in [0.25, 0.3) is 0 Å². The van der Waals surface area contributed by atoms with E-state index in [2.05, 4.69) is 17.1 Å². The van der Waals surface area contributed by atoms with Crippen molar-refractivity contribution in [3.63, 3.8) is 0 Å². The number of urea groups is 1. The van der Waals surface area contributed by atoms with E-state index in [0.717, 1.165) is 43.8 Å². The van der Waals surface area contributed by atoms with Gasteiger partial charge in [0.2, 0.25) is 0 Å². The van der Waals surface area contributed by atoms with Crippen LogP contribution in [-0.4, -0.2) is 48.6 Å². The topological polar surface area (TPSA) is 44.8 Å². The van der Waals surface area contributed by atoms with Crippen LogP contribution in [0.3, 0.4) is 0 Å². The zero-order valence-corrected chi connectivity index (χ0v) is 17.3. The highest BCUT2D eigenvalue weighted by molar-refractivity contribution is 6.33. The van der Waals surface area contributed by atoms with E-state index in [-0.39, 0.29) is 12.1 Å². The summed E-state index contributed by atoms with van der Waals surface area (Å²) in [5.41, 5.74) is 1.68. The fourth-order valence-electron chi connectivity index (χ4n) is 3.63. The first-order valence-corrected chi connectivity index (χ1v) is 10.2. The first-order chi connectivity index (χ1) is 13.6. The molecule has 0 aromatic heterocycles. The Morgan fingerprint density at radius 2 is 1.96 bits per heavy atom. The molecule has 2 amide bonds. The van der Waals surface area contributed by atoms with Crippen LogP contribution >= 0.6 is 11.6 Å². The summed E-state index contributed by atoms with van der Waals surface area (Å²) in [6, 6.07) is 15.3. The molecule has 0 unspecified atom stereocenters. The van der Waals surface area contributed by atoms with Gasteiger partial charge in [0, 0.05) is 25.7 Å². The summed E-state index contributed by atoms with van der Waals surface area (Å²) in [5, 5.41) is 3.53. The van der Waals surface area contributed by atoms with Crippen molar-refractivity contribution >= 4 is 23.3 Å². The van der Waals surface area contributed by atoms with Crippen LogP contribution in [0.2, 0.25) is 5.02 Å². The van der Waals surface area contributed by atoms with Gasteiger partial charge in [0.25, 0.3) is 0 Å². The molecule has 3 rings (SSSR count). The second-order valence-electron chi connectivity index (χ2n) is 7.05. The Kier molecular flexibility index (Phi) is 7.18. The lowest BCUT2D eigenvalue weighted by Gasteiger charge is -2.38. The van der Waals surface area contributed by atoms with Crippen molar-refractivity contribution < 1.29 is 9.53 Å². The monoisotopic (exact) mass is 401 g/mol. The maximum Gasteiger partial charge on any atom is 0.322 e. The molecule has 5 nitrogen and oxygen atoms in total. The molecule has 1 fully saturated rings. The van der Waals surface area contributed by atoms with E-state index >= 15 is 0 Å². The zero-order chi connectivity index (χ0) is 19.9. The van der Waals surface area contributed by atoms with E-state index in [4.69, 9.17) is 16.3 Å². The summed E-state index contributed by atoms with van der Waals surface area (Å²) in [5.74, 6) is 0.796. The smallest absolute Gasteiger partial charge is 0.322 e. The lowest BCUT2D eigenvalue weighted by atomic mass is 10.0. The number of nitrogens with one attached hydrogen (secondary N) is 1. The largest absolute Gasteiger partial charge is 0.497 e. The Morgan fingerprint density at radius 3 is 2.64 bits per heavy atom. The molecule has 0 aliphatic carbocycles. The Labute approximate surface area is 172 Å². The van der Waals surface area contributed by atoms with E-state index in [1.54, 1.807) is 13.2 Å². The molecule has 28 heavy (non-hydrogen) atoms. The van der Waals surface area contributed by atoms with Gasteiger partial charge in [0.1, 0.15) is 5.75 Å². The van der Waals surface area contributed by atoms with Crippen LogP contribution in [0, 0.1) is 0 Å². The van der Waals surface area contributed by atoms with Crippen molar-refractivity contribution in [3.8, 4) is 5.75 Å². The van der Waals surface area contributed by atoms with Gasteiger partial charge >= 0.3 is 6.03 Å². The number of amides is 2. The minimum absolute atomic E-state index is 0.120. The summed E-state index contributed by atoms with van der Waals surface area (Å²) >= 11 is 6.24. The minimum Gasteiger partial charge on any atom is -0.497 e. The molecule has 1 aliphatic heterocycles. The van der Waals surface area contributed by atoms with Crippen molar-refractivity contribution in [2.75, 3.05) is 32.1 Å². The first-order valence-electron chi connectivity index (χ1n) is 9.78. The average molecular weight is 402 g/mol. The van der Waals surface area contributed by atoms with Gasteiger partial charge in [-0.05, 0) is 49.2 Å². The SMILES string of the molecule is CCN1CCC(N(Cc2cccc(OC)c2)C(=O)Nc2ccccc2Cl)CC1. The highest BCUT2D eigenvalue weighted by Gasteiger charge is 2.28. The number of piperidine rings is 1. The maximum absolute atomic E-state index is 13.2. The summed E-state index contributed by atoms with van der Waals surface area (Å²) < 4.78 is 5.34. The number of benzene rings is 2. The van der Waals surface area contributed by atoms with Crippen LogP contribution in [0.5, 0.6) is 5.75 Å². The van der Waals surface area contributed by atoms with E-state index < -0.39 is 0 Å². The number of para-hydroxylation sites is 1. The van der Waals surface area contributed by atoms with E-state index in [1.807, 2.05) is 47.4 Å². The molecule has 0 bridgehead atoms. The van der Waals surface area contributed by atoms with E-state index in [1.165, 1.54) is 0 Å². The van der Waals surface area contributed by atoms with Crippen LogP contribution < -0.4 is 10.1 Å². The highest BCUT2D eigenvalue weighted by Crippen LogP contribution is 2.25. The summed E-state index contributed by atoms with van der Waals surface area (Å²) in [7, 11) is 1.65. The third-order valence-electron chi connectivity index (χ3n) is 5.31. The van der Waals surface area contributed by atoms with Crippen molar-refractivity contribution in [1.29, 1.82) is 0 Å². The zero-order valence-electron chi connectivity index (χ0n) is 16.5. The Hall–Kier alpha value is -2.24. The van der Waals surface area contributed by atoms with Gasteiger partial charge in [0.05, 0.1) is 17.8 Å². The second kappa shape index (κ2) is 9.80. The number of methoxy groups -OCH3 is 1. The predicted molar refractivity (Wildman–Crippen MR) is 114 cm³/mol. The summed E-state index contributed by atoms with van der Waals surface area (Å²) in [6.45, 7) is 5.78. The maximum atomic E-state index is 13.2. The van der Waals surface area contributed by atoms with Crippen LogP contribution in [0.1, 0.15) is 25.3 Å². The van der Waals surface area contributed by atoms with Gasteiger partial charge in [-0.2, -0.15) is 0 Å². The highest BCUT2D eigenvalue weighted by atomic mass is 35.5. The van der Waals surface area contributed by atoms with Gasteiger partial charge in [-0.25, -0.2) is 4.79 Å². The fourth-order valence-corrected chi connectivity index (χ4v) is 3.81.